The zero-order chi connectivity index (χ0) is 22.5. The van der Waals surface area contributed by atoms with Gasteiger partial charge in [0, 0.05) is 17.7 Å². The largest absolute Gasteiger partial charge is 0.439 e. The van der Waals surface area contributed by atoms with Gasteiger partial charge in [-0.1, -0.05) is 42.5 Å². The molecule has 4 rings (SSSR count). The van der Waals surface area contributed by atoms with Crippen molar-refractivity contribution >= 4 is 11.6 Å². The molecule has 0 unspecified atom stereocenters. The van der Waals surface area contributed by atoms with E-state index in [1.807, 2.05) is 68.4 Å². The van der Waals surface area contributed by atoms with E-state index in [2.05, 4.69) is 5.32 Å². The monoisotopic (exact) mass is 429 g/mol. The highest BCUT2D eigenvalue weighted by Gasteiger charge is 2.20. The molecule has 0 atom stereocenters. The average Bonchev–Trinajstić information content (AvgIpc) is 3.08. The molecule has 1 aromatic heterocycles. The molecule has 5 nitrogen and oxygen atoms in total. The molecule has 6 heteroatoms. The Morgan fingerprint density at radius 3 is 2.50 bits per heavy atom. The molecule has 0 bridgehead atoms. The maximum atomic E-state index is 13.4. The van der Waals surface area contributed by atoms with Crippen molar-refractivity contribution in [3.8, 4) is 17.3 Å². The van der Waals surface area contributed by atoms with E-state index < -0.39 is 5.82 Å². The molecule has 1 amide bonds. The highest BCUT2D eigenvalue weighted by molar-refractivity contribution is 5.90. The molecule has 32 heavy (non-hydrogen) atoms. The summed E-state index contributed by atoms with van der Waals surface area (Å²) in [4.78, 5) is 12.5. The van der Waals surface area contributed by atoms with Crippen molar-refractivity contribution in [1.29, 1.82) is 0 Å². The number of para-hydroxylation sites is 2. The van der Waals surface area contributed by atoms with Crippen LogP contribution in [0.15, 0.2) is 78.9 Å². The number of carbonyl (C=O) groups is 1. The number of halogens is 1. The van der Waals surface area contributed by atoms with Crippen molar-refractivity contribution in [3.05, 3.63) is 102 Å². The first kappa shape index (κ1) is 21.3. The van der Waals surface area contributed by atoms with Crippen molar-refractivity contribution in [3.63, 3.8) is 0 Å². The summed E-state index contributed by atoms with van der Waals surface area (Å²) >= 11 is 0. The van der Waals surface area contributed by atoms with Crippen LogP contribution in [0.25, 0.3) is 5.69 Å². The fourth-order valence-corrected chi connectivity index (χ4v) is 3.52. The van der Waals surface area contributed by atoms with E-state index in [-0.39, 0.29) is 12.3 Å². The summed E-state index contributed by atoms with van der Waals surface area (Å²) in [5.41, 5.74) is 4.05. The van der Waals surface area contributed by atoms with Gasteiger partial charge in [-0.15, -0.1) is 0 Å². The molecule has 0 aliphatic rings. The zero-order valence-corrected chi connectivity index (χ0v) is 18.0. The zero-order valence-electron chi connectivity index (χ0n) is 18.0. The minimum Gasteiger partial charge on any atom is -0.439 e. The number of benzene rings is 3. The molecule has 0 spiro atoms. The Kier molecular flexibility index (Phi) is 6.31. The van der Waals surface area contributed by atoms with Crippen molar-refractivity contribution in [1.82, 2.24) is 9.78 Å². The van der Waals surface area contributed by atoms with Gasteiger partial charge in [0.2, 0.25) is 11.8 Å². The Morgan fingerprint density at radius 2 is 1.75 bits per heavy atom. The van der Waals surface area contributed by atoms with E-state index in [1.165, 1.54) is 12.1 Å². The molecule has 4 aromatic rings. The van der Waals surface area contributed by atoms with Gasteiger partial charge in [0.05, 0.1) is 11.4 Å². The number of hydrogen-bond donors (Lipinski definition) is 1. The Labute approximate surface area is 186 Å². The maximum absolute atomic E-state index is 13.4. The number of aryl methyl sites for hydroxylation is 2. The number of ether oxygens (including phenoxy) is 1. The van der Waals surface area contributed by atoms with E-state index in [0.29, 0.717) is 23.7 Å². The Balaban J connectivity index is 1.62. The van der Waals surface area contributed by atoms with Crippen LogP contribution in [0.2, 0.25) is 0 Å². The molecular weight excluding hydrogens is 405 g/mol. The van der Waals surface area contributed by atoms with E-state index in [4.69, 9.17) is 9.84 Å². The molecule has 0 fully saturated rings. The van der Waals surface area contributed by atoms with Gasteiger partial charge in [-0.25, -0.2) is 4.39 Å². The summed E-state index contributed by atoms with van der Waals surface area (Å²) in [5, 5.41) is 7.46. The van der Waals surface area contributed by atoms with Crippen molar-refractivity contribution in [2.24, 2.45) is 0 Å². The van der Waals surface area contributed by atoms with Gasteiger partial charge in [0.25, 0.3) is 0 Å². The van der Waals surface area contributed by atoms with Gasteiger partial charge in [-0.05, 0) is 62.2 Å². The minimum atomic E-state index is -0.392. The summed E-state index contributed by atoms with van der Waals surface area (Å²) in [6.07, 6.45) is 0.642. The standard InChI is InChI=1S/C26H24FN3O2/c1-18-9-6-7-14-24(18)30-26(32-22-12-4-3-5-13-22)23(19(2)29-30)15-16-25(31)28-21-11-8-10-20(27)17-21/h3-14,17H,15-16H2,1-2H3,(H,28,31). The van der Waals surface area contributed by atoms with Gasteiger partial charge < -0.3 is 10.1 Å². The molecular formula is C26H24FN3O2. The fraction of sp³-hybridized carbons (Fsp3) is 0.154. The molecule has 3 aromatic carbocycles. The first-order valence-corrected chi connectivity index (χ1v) is 10.4. The first-order chi connectivity index (χ1) is 15.5. The molecule has 1 heterocycles. The number of anilines is 1. The van der Waals surface area contributed by atoms with Gasteiger partial charge >= 0.3 is 0 Å². The third-order valence-electron chi connectivity index (χ3n) is 5.15. The van der Waals surface area contributed by atoms with Crippen LogP contribution in [-0.4, -0.2) is 15.7 Å². The number of aromatic nitrogens is 2. The van der Waals surface area contributed by atoms with Crippen molar-refractivity contribution in [2.45, 2.75) is 26.7 Å². The van der Waals surface area contributed by atoms with Crippen LogP contribution in [0.3, 0.4) is 0 Å². The number of rotatable bonds is 7. The average molecular weight is 429 g/mol. The topological polar surface area (TPSA) is 56.2 Å². The summed E-state index contributed by atoms with van der Waals surface area (Å²) in [6, 6.07) is 23.3. The van der Waals surface area contributed by atoms with Crippen LogP contribution in [0, 0.1) is 19.7 Å². The lowest BCUT2D eigenvalue weighted by molar-refractivity contribution is -0.116. The summed E-state index contributed by atoms with van der Waals surface area (Å²) in [5.74, 6) is 0.676. The Morgan fingerprint density at radius 1 is 1.00 bits per heavy atom. The minimum absolute atomic E-state index is 0.204. The van der Waals surface area contributed by atoms with E-state index >= 15 is 0 Å². The smallest absolute Gasteiger partial charge is 0.226 e. The number of carbonyl (C=O) groups excluding carboxylic acids is 1. The summed E-state index contributed by atoms with van der Waals surface area (Å²) in [7, 11) is 0. The summed E-state index contributed by atoms with van der Waals surface area (Å²) in [6.45, 7) is 3.93. The molecule has 0 saturated heterocycles. The van der Waals surface area contributed by atoms with Gasteiger partial charge in [-0.3, -0.25) is 4.79 Å². The lowest BCUT2D eigenvalue weighted by Gasteiger charge is -2.13. The molecule has 162 valence electrons. The van der Waals surface area contributed by atoms with Crippen molar-refractivity contribution in [2.75, 3.05) is 5.32 Å². The highest BCUT2D eigenvalue weighted by atomic mass is 19.1. The highest BCUT2D eigenvalue weighted by Crippen LogP contribution is 2.32. The van der Waals surface area contributed by atoms with Crippen LogP contribution in [0.5, 0.6) is 11.6 Å². The second-order valence-corrected chi connectivity index (χ2v) is 7.54. The molecule has 0 aliphatic carbocycles. The van der Waals surface area contributed by atoms with Crippen LogP contribution in [-0.2, 0) is 11.2 Å². The third-order valence-corrected chi connectivity index (χ3v) is 5.15. The van der Waals surface area contributed by atoms with Crippen LogP contribution >= 0.6 is 0 Å². The molecule has 0 aliphatic heterocycles. The van der Waals surface area contributed by atoms with E-state index in [9.17, 15) is 9.18 Å². The van der Waals surface area contributed by atoms with Gasteiger partial charge in [-0.2, -0.15) is 9.78 Å². The molecule has 0 saturated carbocycles. The Hall–Kier alpha value is -3.93. The maximum Gasteiger partial charge on any atom is 0.226 e. The first-order valence-electron chi connectivity index (χ1n) is 10.4. The lowest BCUT2D eigenvalue weighted by Crippen LogP contribution is -2.12. The van der Waals surface area contributed by atoms with E-state index in [1.54, 1.807) is 16.8 Å². The fourth-order valence-electron chi connectivity index (χ4n) is 3.52. The van der Waals surface area contributed by atoms with Crippen molar-refractivity contribution < 1.29 is 13.9 Å². The van der Waals surface area contributed by atoms with Gasteiger partial charge in [0.1, 0.15) is 11.6 Å². The Bertz CT molecular complexity index is 1240. The molecule has 1 N–H and O–H groups in total. The summed E-state index contributed by atoms with van der Waals surface area (Å²) < 4.78 is 21.4. The predicted molar refractivity (Wildman–Crippen MR) is 123 cm³/mol. The van der Waals surface area contributed by atoms with Crippen LogP contribution in [0.4, 0.5) is 10.1 Å². The van der Waals surface area contributed by atoms with Crippen LogP contribution < -0.4 is 10.1 Å². The van der Waals surface area contributed by atoms with Crippen LogP contribution in [0.1, 0.15) is 23.2 Å². The second-order valence-electron chi connectivity index (χ2n) is 7.54. The normalized spacial score (nSPS) is 10.7. The number of nitrogens with one attached hydrogen (secondary N) is 1. The molecule has 0 radical (unpaired) electrons. The van der Waals surface area contributed by atoms with Gasteiger partial charge in [0.15, 0.2) is 0 Å². The van der Waals surface area contributed by atoms with E-state index in [0.717, 1.165) is 22.5 Å². The predicted octanol–water partition coefficient (Wildman–Crippen LogP) is 5.99. The lowest BCUT2D eigenvalue weighted by atomic mass is 10.1. The SMILES string of the molecule is Cc1ccccc1-n1nc(C)c(CCC(=O)Nc2cccc(F)c2)c1Oc1ccccc1. The second kappa shape index (κ2) is 9.47. The number of nitrogens with zero attached hydrogens (tertiary/aromatic N) is 2. The number of hydrogen-bond acceptors (Lipinski definition) is 3. The number of amides is 1. The quantitative estimate of drug-likeness (QED) is 0.392. The third kappa shape index (κ3) is 4.86.